The summed E-state index contributed by atoms with van der Waals surface area (Å²) >= 11 is 0. The summed E-state index contributed by atoms with van der Waals surface area (Å²) in [6, 6.07) is 8.57. The fraction of sp³-hybridized carbons (Fsp3) is 0.556. The molecule has 1 rings (SSSR count). The van der Waals surface area contributed by atoms with Crippen molar-refractivity contribution in [2.45, 2.75) is 52.5 Å². The lowest BCUT2D eigenvalue weighted by molar-refractivity contribution is 0.415. The molecule has 0 radical (unpaired) electrons. The van der Waals surface area contributed by atoms with E-state index in [1.807, 2.05) is 19.1 Å². The highest BCUT2D eigenvalue weighted by molar-refractivity contribution is 5.51. The first kappa shape index (κ1) is 16.4. The molecule has 0 heterocycles. The van der Waals surface area contributed by atoms with Gasteiger partial charge in [0.1, 0.15) is 5.75 Å². The van der Waals surface area contributed by atoms with Gasteiger partial charge in [-0.05, 0) is 44.5 Å². The lowest BCUT2D eigenvalue weighted by atomic mass is 10.1. The Morgan fingerprint density at radius 2 is 1.85 bits per heavy atom. The molecule has 0 saturated heterocycles. The van der Waals surface area contributed by atoms with E-state index in [1.54, 1.807) is 7.11 Å². The molecule has 0 aliphatic heterocycles. The minimum Gasteiger partial charge on any atom is -0.497 e. The van der Waals surface area contributed by atoms with E-state index in [0.717, 1.165) is 18.7 Å². The first-order chi connectivity index (χ1) is 9.76. The molecule has 0 spiro atoms. The van der Waals surface area contributed by atoms with Crippen LogP contribution in [0.4, 0.5) is 5.69 Å². The van der Waals surface area contributed by atoms with Gasteiger partial charge < -0.3 is 9.64 Å². The highest BCUT2D eigenvalue weighted by atomic mass is 16.5. The van der Waals surface area contributed by atoms with E-state index in [-0.39, 0.29) is 0 Å². The van der Waals surface area contributed by atoms with Crippen LogP contribution in [0.2, 0.25) is 0 Å². The van der Waals surface area contributed by atoms with Crippen LogP contribution in [0.3, 0.4) is 0 Å². The molecule has 0 aliphatic rings. The zero-order chi connectivity index (χ0) is 14.8. The number of ether oxygens (including phenoxy) is 1. The largest absolute Gasteiger partial charge is 0.497 e. The highest BCUT2D eigenvalue weighted by Gasteiger charge is 2.15. The molecule has 2 heteroatoms. The van der Waals surface area contributed by atoms with Gasteiger partial charge in [-0.2, -0.15) is 0 Å². The van der Waals surface area contributed by atoms with Crippen LogP contribution in [0, 0.1) is 11.8 Å². The van der Waals surface area contributed by atoms with Crippen molar-refractivity contribution in [3.8, 4) is 17.6 Å². The quantitative estimate of drug-likeness (QED) is 0.511. The Kier molecular flexibility index (Phi) is 7.65. The van der Waals surface area contributed by atoms with Crippen molar-refractivity contribution in [2.75, 3.05) is 18.6 Å². The van der Waals surface area contributed by atoms with E-state index in [4.69, 9.17) is 4.74 Å². The average molecular weight is 273 g/mol. The Morgan fingerprint density at radius 3 is 2.35 bits per heavy atom. The third kappa shape index (κ3) is 4.81. The Morgan fingerprint density at radius 1 is 1.15 bits per heavy atom. The second kappa shape index (κ2) is 9.31. The van der Waals surface area contributed by atoms with Gasteiger partial charge >= 0.3 is 0 Å². The van der Waals surface area contributed by atoms with Crippen molar-refractivity contribution in [1.82, 2.24) is 0 Å². The SMILES string of the molecule is CC#CC(CCCCC)N(CC)c1ccc(OC)cc1. The molecule has 2 nitrogen and oxygen atoms in total. The van der Waals surface area contributed by atoms with Crippen LogP contribution in [0.5, 0.6) is 5.75 Å². The van der Waals surface area contributed by atoms with Gasteiger partial charge in [-0.15, -0.1) is 5.92 Å². The van der Waals surface area contributed by atoms with Crippen LogP contribution in [0.25, 0.3) is 0 Å². The van der Waals surface area contributed by atoms with Crippen LogP contribution in [-0.2, 0) is 0 Å². The van der Waals surface area contributed by atoms with Crippen molar-refractivity contribution >= 4 is 5.69 Å². The Labute approximate surface area is 124 Å². The summed E-state index contributed by atoms with van der Waals surface area (Å²) in [5, 5.41) is 0. The third-order valence-corrected chi connectivity index (χ3v) is 3.51. The van der Waals surface area contributed by atoms with E-state index >= 15 is 0 Å². The maximum absolute atomic E-state index is 5.22. The van der Waals surface area contributed by atoms with Crippen LogP contribution >= 0.6 is 0 Å². The lowest BCUT2D eigenvalue weighted by Gasteiger charge is -2.29. The summed E-state index contributed by atoms with van der Waals surface area (Å²) in [5.74, 6) is 7.35. The van der Waals surface area contributed by atoms with E-state index in [0.29, 0.717) is 6.04 Å². The minimum absolute atomic E-state index is 0.310. The lowest BCUT2D eigenvalue weighted by Crippen LogP contribution is -2.34. The minimum atomic E-state index is 0.310. The zero-order valence-electron chi connectivity index (χ0n) is 13.3. The van der Waals surface area contributed by atoms with Gasteiger partial charge in [0.25, 0.3) is 0 Å². The van der Waals surface area contributed by atoms with Crippen molar-refractivity contribution in [2.24, 2.45) is 0 Å². The molecule has 110 valence electrons. The fourth-order valence-corrected chi connectivity index (χ4v) is 2.42. The van der Waals surface area contributed by atoms with Crippen molar-refractivity contribution in [3.63, 3.8) is 0 Å². The maximum Gasteiger partial charge on any atom is 0.119 e. The summed E-state index contributed by atoms with van der Waals surface area (Å²) < 4.78 is 5.22. The molecule has 0 N–H and O–H groups in total. The maximum atomic E-state index is 5.22. The molecule has 0 bridgehead atoms. The Bertz CT molecular complexity index is 427. The van der Waals surface area contributed by atoms with Crippen LogP contribution in [-0.4, -0.2) is 19.7 Å². The smallest absolute Gasteiger partial charge is 0.119 e. The van der Waals surface area contributed by atoms with Crippen LogP contribution < -0.4 is 9.64 Å². The first-order valence-electron chi connectivity index (χ1n) is 7.59. The molecule has 0 aromatic heterocycles. The van der Waals surface area contributed by atoms with Gasteiger partial charge in [-0.3, -0.25) is 0 Å². The number of nitrogens with zero attached hydrogens (tertiary/aromatic N) is 1. The number of hydrogen-bond donors (Lipinski definition) is 0. The first-order valence-corrected chi connectivity index (χ1v) is 7.59. The average Bonchev–Trinajstić information content (AvgIpc) is 2.49. The predicted octanol–water partition coefficient (Wildman–Crippen LogP) is 4.49. The normalized spacial score (nSPS) is 11.4. The number of unbranched alkanes of at least 4 members (excludes halogenated alkanes) is 2. The summed E-state index contributed by atoms with van der Waals surface area (Å²) in [4.78, 5) is 2.38. The predicted molar refractivity (Wildman–Crippen MR) is 87.4 cm³/mol. The second-order valence-corrected chi connectivity index (χ2v) is 4.89. The summed E-state index contributed by atoms with van der Waals surface area (Å²) in [7, 11) is 1.70. The van der Waals surface area contributed by atoms with Crippen LogP contribution in [0.15, 0.2) is 24.3 Å². The van der Waals surface area contributed by atoms with Crippen molar-refractivity contribution in [3.05, 3.63) is 24.3 Å². The van der Waals surface area contributed by atoms with Gasteiger partial charge in [0.2, 0.25) is 0 Å². The highest BCUT2D eigenvalue weighted by Crippen LogP contribution is 2.22. The van der Waals surface area contributed by atoms with Crippen molar-refractivity contribution in [1.29, 1.82) is 0 Å². The van der Waals surface area contributed by atoms with E-state index in [1.165, 1.54) is 24.9 Å². The zero-order valence-corrected chi connectivity index (χ0v) is 13.3. The molecule has 1 atom stereocenters. The number of rotatable bonds is 8. The molecule has 0 saturated carbocycles. The van der Waals surface area contributed by atoms with Crippen molar-refractivity contribution < 1.29 is 4.74 Å². The number of methoxy groups -OCH3 is 1. The fourth-order valence-electron chi connectivity index (χ4n) is 2.42. The molecular weight excluding hydrogens is 246 g/mol. The van der Waals surface area contributed by atoms with E-state index < -0.39 is 0 Å². The summed E-state index contributed by atoms with van der Waals surface area (Å²) in [5.41, 5.74) is 1.22. The molecular formula is C18H27NO. The van der Waals surface area contributed by atoms with Gasteiger partial charge in [0.05, 0.1) is 13.2 Å². The van der Waals surface area contributed by atoms with E-state index in [9.17, 15) is 0 Å². The molecule has 1 aromatic rings. The molecule has 1 unspecified atom stereocenters. The summed E-state index contributed by atoms with van der Waals surface area (Å²) in [6.07, 6.45) is 4.90. The molecule has 1 aromatic carbocycles. The number of hydrogen-bond acceptors (Lipinski definition) is 2. The topological polar surface area (TPSA) is 12.5 Å². The molecule has 20 heavy (non-hydrogen) atoms. The van der Waals surface area contributed by atoms with Gasteiger partial charge in [-0.25, -0.2) is 0 Å². The Balaban J connectivity index is 2.83. The van der Waals surface area contributed by atoms with Gasteiger partial charge in [-0.1, -0.05) is 32.1 Å². The molecule has 0 fully saturated rings. The third-order valence-electron chi connectivity index (χ3n) is 3.51. The number of anilines is 1. The standard InChI is InChI=1S/C18H27NO/c1-5-8-9-11-16(10-6-2)19(7-3)17-12-14-18(20-4)15-13-17/h12-16H,5,7-9,11H2,1-4H3. The second-order valence-electron chi connectivity index (χ2n) is 4.89. The van der Waals surface area contributed by atoms with Gasteiger partial charge in [0, 0.05) is 12.2 Å². The number of benzene rings is 1. The van der Waals surface area contributed by atoms with E-state index in [2.05, 4.69) is 42.7 Å². The molecule has 0 aliphatic carbocycles. The van der Waals surface area contributed by atoms with Crippen LogP contribution in [0.1, 0.15) is 46.5 Å². The monoisotopic (exact) mass is 273 g/mol. The van der Waals surface area contributed by atoms with Gasteiger partial charge in [0.15, 0.2) is 0 Å². The summed E-state index contributed by atoms with van der Waals surface area (Å²) in [6.45, 7) is 7.32. The molecule has 0 amide bonds. The Hall–Kier alpha value is -1.62.